The summed E-state index contributed by atoms with van der Waals surface area (Å²) in [4.78, 5) is 2.74. The fourth-order valence-corrected chi connectivity index (χ4v) is 3.95. The third-order valence-corrected chi connectivity index (χ3v) is 5.11. The summed E-state index contributed by atoms with van der Waals surface area (Å²) >= 11 is 0. The van der Waals surface area contributed by atoms with Gasteiger partial charge in [0.25, 0.3) is 0 Å². The van der Waals surface area contributed by atoms with E-state index >= 15 is 0 Å². The lowest BCUT2D eigenvalue weighted by Crippen LogP contribution is -2.46. The summed E-state index contributed by atoms with van der Waals surface area (Å²) in [5.74, 6) is 0. The highest BCUT2D eigenvalue weighted by atomic mass is 15.2. The highest BCUT2D eigenvalue weighted by Gasteiger charge is 2.37. The van der Waals surface area contributed by atoms with Crippen LogP contribution in [-0.2, 0) is 0 Å². The molecule has 2 aliphatic rings. The van der Waals surface area contributed by atoms with Crippen molar-refractivity contribution >= 4 is 0 Å². The van der Waals surface area contributed by atoms with E-state index in [0.717, 1.165) is 0 Å². The molecule has 0 aromatic carbocycles. The molecule has 0 bridgehead atoms. The molecule has 112 valence electrons. The first-order chi connectivity index (χ1) is 8.91. The fraction of sp³-hybridized carbons (Fsp3) is 1.00. The summed E-state index contributed by atoms with van der Waals surface area (Å²) in [6.07, 6.45) is 8.58. The van der Waals surface area contributed by atoms with Crippen LogP contribution < -0.4 is 5.32 Å². The summed E-state index contributed by atoms with van der Waals surface area (Å²) < 4.78 is 0. The molecule has 1 N–H and O–H groups in total. The van der Waals surface area contributed by atoms with Crippen LogP contribution in [0.4, 0.5) is 0 Å². The van der Waals surface area contributed by atoms with E-state index in [4.69, 9.17) is 0 Å². The predicted octanol–water partition coefficient (Wildman–Crippen LogP) is 3.67. The zero-order valence-corrected chi connectivity index (χ0v) is 13.6. The minimum Gasteiger partial charge on any atom is -0.314 e. The first-order valence-electron chi connectivity index (χ1n) is 8.37. The van der Waals surface area contributed by atoms with Crippen molar-refractivity contribution < 1.29 is 0 Å². The van der Waals surface area contributed by atoms with Crippen molar-refractivity contribution in [3.05, 3.63) is 0 Å². The molecule has 19 heavy (non-hydrogen) atoms. The standard InChI is InChI=1S/C17H34N2/c1-15(2)18-12-17(8-6-5-7-9-17)14-19-11-10-16(3,4)13-19/h15,18H,5-14H2,1-4H3. The Kier molecular flexibility index (Phi) is 4.94. The van der Waals surface area contributed by atoms with E-state index in [2.05, 4.69) is 37.9 Å². The zero-order chi connectivity index (χ0) is 13.9. The van der Waals surface area contributed by atoms with Gasteiger partial charge in [-0.25, -0.2) is 0 Å². The van der Waals surface area contributed by atoms with Gasteiger partial charge in [0.1, 0.15) is 0 Å². The van der Waals surface area contributed by atoms with Gasteiger partial charge in [-0.2, -0.15) is 0 Å². The number of hydrogen-bond acceptors (Lipinski definition) is 2. The lowest BCUT2D eigenvalue weighted by atomic mass is 9.73. The molecule has 2 heteroatoms. The SMILES string of the molecule is CC(C)NCC1(CN2CCC(C)(C)C2)CCCCC1. The molecule has 0 unspecified atom stereocenters. The van der Waals surface area contributed by atoms with Crippen molar-refractivity contribution in [2.75, 3.05) is 26.2 Å². The van der Waals surface area contributed by atoms with Crippen LogP contribution in [0.25, 0.3) is 0 Å². The highest BCUT2D eigenvalue weighted by Crippen LogP contribution is 2.39. The van der Waals surface area contributed by atoms with Crippen molar-refractivity contribution in [2.24, 2.45) is 10.8 Å². The summed E-state index contributed by atoms with van der Waals surface area (Å²) in [6.45, 7) is 14.6. The number of rotatable bonds is 5. The number of nitrogens with one attached hydrogen (secondary N) is 1. The van der Waals surface area contributed by atoms with Gasteiger partial charge in [0.2, 0.25) is 0 Å². The van der Waals surface area contributed by atoms with E-state index in [1.165, 1.54) is 64.7 Å². The topological polar surface area (TPSA) is 15.3 Å². The Morgan fingerprint density at radius 3 is 2.26 bits per heavy atom. The molecule has 0 aromatic rings. The molecule has 1 aliphatic heterocycles. The van der Waals surface area contributed by atoms with Crippen LogP contribution in [0.3, 0.4) is 0 Å². The monoisotopic (exact) mass is 266 g/mol. The van der Waals surface area contributed by atoms with E-state index in [9.17, 15) is 0 Å². The van der Waals surface area contributed by atoms with E-state index in [1.54, 1.807) is 0 Å². The lowest BCUT2D eigenvalue weighted by Gasteiger charge is -2.41. The second-order valence-electron chi connectivity index (χ2n) is 8.22. The van der Waals surface area contributed by atoms with Gasteiger partial charge >= 0.3 is 0 Å². The Balaban J connectivity index is 1.93. The van der Waals surface area contributed by atoms with Crippen molar-refractivity contribution in [1.82, 2.24) is 10.2 Å². The normalized spacial score (nSPS) is 27.0. The van der Waals surface area contributed by atoms with Gasteiger partial charge in [-0.1, -0.05) is 47.0 Å². The fourth-order valence-electron chi connectivity index (χ4n) is 3.95. The Bertz CT molecular complexity index is 277. The quantitative estimate of drug-likeness (QED) is 0.817. The van der Waals surface area contributed by atoms with E-state index in [1.807, 2.05) is 0 Å². The summed E-state index contributed by atoms with van der Waals surface area (Å²) in [7, 11) is 0. The second-order valence-corrected chi connectivity index (χ2v) is 8.22. The van der Waals surface area contributed by atoms with Gasteiger partial charge in [0, 0.05) is 25.7 Å². The molecule has 2 rings (SSSR count). The maximum atomic E-state index is 3.72. The van der Waals surface area contributed by atoms with E-state index in [-0.39, 0.29) is 0 Å². The minimum absolute atomic E-state index is 0.543. The summed E-state index contributed by atoms with van der Waals surface area (Å²) in [6, 6.07) is 0.619. The van der Waals surface area contributed by atoms with Gasteiger partial charge in [0.05, 0.1) is 0 Å². The minimum atomic E-state index is 0.543. The van der Waals surface area contributed by atoms with Gasteiger partial charge in [0.15, 0.2) is 0 Å². The van der Waals surface area contributed by atoms with Crippen LogP contribution >= 0.6 is 0 Å². The second kappa shape index (κ2) is 6.13. The van der Waals surface area contributed by atoms with Crippen LogP contribution in [0, 0.1) is 10.8 Å². The van der Waals surface area contributed by atoms with E-state index in [0.29, 0.717) is 16.9 Å². The van der Waals surface area contributed by atoms with Crippen LogP contribution in [0.2, 0.25) is 0 Å². The first kappa shape index (κ1) is 15.3. The average Bonchev–Trinajstić information content (AvgIpc) is 2.67. The Morgan fingerprint density at radius 2 is 1.74 bits per heavy atom. The Labute approximate surface area is 120 Å². The Morgan fingerprint density at radius 1 is 1.05 bits per heavy atom. The molecule has 0 radical (unpaired) electrons. The van der Waals surface area contributed by atoms with Crippen molar-refractivity contribution in [2.45, 2.75) is 72.3 Å². The third-order valence-electron chi connectivity index (χ3n) is 5.11. The van der Waals surface area contributed by atoms with Gasteiger partial charge in [-0.3, -0.25) is 0 Å². The smallest absolute Gasteiger partial charge is 0.00504 e. The number of likely N-dealkylation sites (tertiary alicyclic amines) is 1. The van der Waals surface area contributed by atoms with Crippen LogP contribution in [0.1, 0.15) is 66.2 Å². The zero-order valence-electron chi connectivity index (χ0n) is 13.6. The molecule has 1 aliphatic carbocycles. The molecule has 1 saturated carbocycles. The summed E-state index contributed by atoms with van der Waals surface area (Å²) in [5, 5.41) is 3.72. The molecule has 2 nitrogen and oxygen atoms in total. The number of nitrogens with zero attached hydrogens (tertiary/aromatic N) is 1. The summed E-state index contributed by atoms with van der Waals surface area (Å²) in [5.41, 5.74) is 1.10. The third kappa shape index (κ3) is 4.46. The van der Waals surface area contributed by atoms with Crippen molar-refractivity contribution in [3.63, 3.8) is 0 Å². The number of hydrogen-bond donors (Lipinski definition) is 1. The van der Waals surface area contributed by atoms with E-state index < -0.39 is 0 Å². The van der Waals surface area contributed by atoms with Crippen molar-refractivity contribution in [3.8, 4) is 0 Å². The Hall–Kier alpha value is -0.0800. The first-order valence-corrected chi connectivity index (χ1v) is 8.37. The molecule has 2 fully saturated rings. The largest absolute Gasteiger partial charge is 0.314 e. The van der Waals surface area contributed by atoms with Gasteiger partial charge in [-0.05, 0) is 36.6 Å². The molecule has 1 saturated heterocycles. The molecular formula is C17H34N2. The van der Waals surface area contributed by atoms with Gasteiger partial charge < -0.3 is 10.2 Å². The molecular weight excluding hydrogens is 232 g/mol. The van der Waals surface area contributed by atoms with Crippen LogP contribution in [0.5, 0.6) is 0 Å². The van der Waals surface area contributed by atoms with Crippen molar-refractivity contribution in [1.29, 1.82) is 0 Å². The molecule has 0 amide bonds. The molecule has 0 spiro atoms. The van der Waals surface area contributed by atoms with Gasteiger partial charge in [-0.15, -0.1) is 0 Å². The van der Waals surface area contributed by atoms with Crippen LogP contribution in [-0.4, -0.2) is 37.1 Å². The maximum absolute atomic E-state index is 3.72. The highest BCUT2D eigenvalue weighted by molar-refractivity contribution is 4.92. The lowest BCUT2D eigenvalue weighted by molar-refractivity contribution is 0.108. The maximum Gasteiger partial charge on any atom is 0.00504 e. The average molecular weight is 266 g/mol. The molecule has 0 atom stereocenters. The predicted molar refractivity (Wildman–Crippen MR) is 83.5 cm³/mol. The molecule has 0 aromatic heterocycles. The molecule has 1 heterocycles. The van der Waals surface area contributed by atoms with Crippen LogP contribution in [0.15, 0.2) is 0 Å².